The third-order valence-electron chi connectivity index (χ3n) is 4.90. The second kappa shape index (κ2) is 7.21. The van der Waals surface area contributed by atoms with Crippen molar-refractivity contribution in [2.24, 2.45) is 5.14 Å². The molecule has 1 aliphatic heterocycles. The van der Waals surface area contributed by atoms with E-state index < -0.39 is 39.0 Å². The van der Waals surface area contributed by atoms with Crippen LogP contribution in [0.3, 0.4) is 0 Å². The quantitative estimate of drug-likeness (QED) is 0.720. The van der Waals surface area contributed by atoms with Crippen molar-refractivity contribution >= 4 is 27.1 Å². The van der Waals surface area contributed by atoms with Gasteiger partial charge in [-0.05, 0) is 61.4 Å². The summed E-state index contributed by atoms with van der Waals surface area (Å²) in [5.74, 6) is -1.83. The molecule has 5 nitrogen and oxygen atoms in total. The molecule has 1 unspecified atom stereocenters. The fourth-order valence-corrected chi connectivity index (χ4v) is 3.60. The Balaban J connectivity index is 2.24. The van der Waals surface area contributed by atoms with E-state index >= 15 is 0 Å². The molecule has 0 spiro atoms. The van der Waals surface area contributed by atoms with Crippen molar-refractivity contribution in [2.75, 3.05) is 0 Å². The van der Waals surface area contributed by atoms with Crippen LogP contribution in [0.4, 0.5) is 17.6 Å². The molecular formula is C20H17F4NO4S. The highest BCUT2D eigenvalue weighted by atomic mass is 32.2. The van der Waals surface area contributed by atoms with Gasteiger partial charge in [0, 0.05) is 5.56 Å². The topological polar surface area (TPSA) is 86.5 Å². The van der Waals surface area contributed by atoms with E-state index in [1.54, 1.807) is 6.92 Å². The number of halogens is 4. The lowest BCUT2D eigenvalue weighted by molar-refractivity contribution is -0.137. The summed E-state index contributed by atoms with van der Waals surface area (Å²) in [6.45, 7) is 3.14. The maximum absolute atomic E-state index is 14.0. The predicted octanol–water partition coefficient (Wildman–Crippen LogP) is 4.13. The summed E-state index contributed by atoms with van der Waals surface area (Å²) >= 11 is 0. The van der Waals surface area contributed by atoms with Gasteiger partial charge < -0.3 is 4.74 Å². The Hall–Kier alpha value is -2.72. The number of Topliss-reactive ketones (excluding diaryl/α,β-unsaturated/α-hetero) is 1. The third-order valence-corrected chi connectivity index (χ3v) is 5.82. The number of ketones is 1. The number of benzene rings is 2. The first-order valence-electron chi connectivity index (χ1n) is 8.76. The van der Waals surface area contributed by atoms with Gasteiger partial charge in [-0.25, -0.2) is 17.9 Å². The number of sulfonamides is 1. The summed E-state index contributed by atoms with van der Waals surface area (Å²) in [4.78, 5) is 12.8. The SMILES string of the molecule is CCC1(C)OC(c2ccc(S(N)(=O)=O)cc2)=C(c2cc(F)cc(C(F)(F)F)c2)C1=O. The number of nitrogens with two attached hydrogens (primary N) is 1. The van der Waals surface area contributed by atoms with E-state index in [0.29, 0.717) is 12.1 Å². The van der Waals surface area contributed by atoms with Gasteiger partial charge in [-0.15, -0.1) is 0 Å². The Labute approximate surface area is 170 Å². The van der Waals surface area contributed by atoms with Crippen LogP contribution in [0.25, 0.3) is 11.3 Å². The molecule has 0 saturated carbocycles. The first-order valence-corrected chi connectivity index (χ1v) is 10.3. The molecule has 0 aliphatic carbocycles. The van der Waals surface area contributed by atoms with E-state index in [-0.39, 0.29) is 33.8 Å². The number of hydrogen-bond donors (Lipinski definition) is 1. The van der Waals surface area contributed by atoms with Gasteiger partial charge in [0.25, 0.3) is 0 Å². The van der Waals surface area contributed by atoms with Gasteiger partial charge in [0.1, 0.15) is 11.6 Å². The number of alkyl halides is 3. The molecule has 2 N–H and O–H groups in total. The van der Waals surface area contributed by atoms with E-state index in [1.165, 1.54) is 31.2 Å². The molecule has 0 radical (unpaired) electrons. The molecule has 3 rings (SSSR count). The van der Waals surface area contributed by atoms with Crippen molar-refractivity contribution in [3.8, 4) is 0 Å². The number of primary sulfonamides is 1. The molecule has 0 amide bonds. The standard InChI is InChI=1S/C20H17F4NO4S/c1-3-19(2)18(26)16(12-8-13(20(22,23)24)10-14(21)9-12)17(29-19)11-4-6-15(7-5-11)30(25,27)28/h4-10H,3H2,1-2H3,(H2,25,27,28). The maximum Gasteiger partial charge on any atom is 0.416 e. The van der Waals surface area contributed by atoms with Crippen LogP contribution in [-0.2, 0) is 25.7 Å². The predicted molar refractivity (Wildman–Crippen MR) is 101 cm³/mol. The average Bonchev–Trinajstić information content (AvgIpc) is 2.92. The molecule has 0 saturated heterocycles. The van der Waals surface area contributed by atoms with E-state index in [2.05, 4.69) is 0 Å². The number of carbonyl (C=O) groups excluding carboxylic acids is 1. The highest BCUT2D eigenvalue weighted by Crippen LogP contribution is 2.44. The lowest BCUT2D eigenvalue weighted by atomic mass is 9.89. The molecule has 160 valence electrons. The Morgan fingerprint density at radius 2 is 1.67 bits per heavy atom. The van der Waals surface area contributed by atoms with Crippen LogP contribution < -0.4 is 5.14 Å². The summed E-state index contributed by atoms with van der Waals surface area (Å²) in [5, 5.41) is 5.07. The lowest BCUT2D eigenvalue weighted by Crippen LogP contribution is -2.32. The van der Waals surface area contributed by atoms with Gasteiger partial charge >= 0.3 is 6.18 Å². The molecule has 0 fully saturated rings. The summed E-state index contributed by atoms with van der Waals surface area (Å²) in [6.07, 6.45) is -4.61. The highest BCUT2D eigenvalue weighted by molar-refractivity contribution is 7.89. The minimum Gasteiger partial charge on any atom is -0.478 e. The van der Waals surface area contributed by atoms with Crippen molar-refractivity contribution < 1.29 is 35.5 Å². The van der Waals surface area contributed by atoms with Crippen LogP contribution in [0.1, 0.15) is 37.0 Å². The van der Waals surface area contributed by atoms with E-state index in [1.807, 2.05) is 0 Å². The Bertz CT molecular complexity index is 1150. The smallest absolute Gasteiger partial charge is 0.416 e. The van der Waals surface area contributed by atoms with Crippen molar-refractivity contribution in [2.45, 2.75) is 36.9 Å². The van der Waals surface area contributed by atoms with Crippen LogP contribution in [0, 0.1) is 5.82 Å². The number of ether oxygens (including phenoxy) is 1. The molecule has 1 heterocycles. The van der Waals surface area contributed by atoms with Crippen molar-refractivity contribution in [3.05, 3.63) is 65.0 Å². The zero-order valence-electron chi connectivity index (χ0n) is 15.9. The fraction of sp³-hybridized carbons (Fsp3) is 0.250. The zero-order chi connectivity index (χ0) is 22.5. The number of rotatable bonds is 4. The molecule has 0 bridgehead atoms. The van der Waals surface area contributed by atoms with Crippen molar-refractivity contribution in [1.29, 1.82) is 0 Å². The van der Waals surface area contributed by atoms with Gasteiger partial charge in [0.2, 0.25) is 15.8 Å². The van der Waals surface area contributed by atoms with Gasteiger partial charge in [-0.2, -0.15) is 13.2 Å². The van der Waals surface area contributed by atoms with Gasteiger partial charge in [-0.1, -0.05) is 6.92 Å². The van der Waals surface area contributed by atoms with Crippen LogP contribution in [0.5, 0.6) is 0 Å². The molecule has 1 atom stereocenters. The molecule has 2 aromatic carbocycles. The average molecular weight is 443 g/mol. The molecular weight excluding hydrogens is 426 g/mol. The monoisotopic (exact) mass is 443 g/mol. The molecule has 1 aliphatic rings. The number of hydrogen-bond acceptors (Lipinski definition) is 4. The molecule has 0 aromatic heterocycles. The summed E-state index contributed by atoms with van der Waals surface area (Å²) in [7, 11) is -3.97. The fourth-order valence-electron chi connectivity index (χ4n) is 3.08. The first kappa shape index (κ1) is 22.0. The first-order chi connectivity index (χ1) is 13.8. The summed E-state index contributed by atoms with van der Waals surface area (Å²) in [6, 6.07) is 6.83. The van der Waals surface area contributed by atoms with Crippen molar-refractivity contribution in [1.82, 2.24) is 0 Å². The Morgan fingerprint density at radius 1 is 1.07 bits per heavy atom. The normalized spacial score (nSPS) is 19.9. The van der Waals surface area contributed by atoms with Gasteiger partial charge in [0.15, 0.2) is 5.60 Å². The minimum atomic E-state index is -4.81. The third kappa shape index (κ3) is 3.97. The largest absolute Gasteiger partial charge is 0.478 e. The van der Waals surface area contributed by atoms with E-state index in [4.69, 9.17) is 9.88 Å². The van der Waals surface area contributed by atoms with Crippen LogP contribution in [0.2, 0.25) is 0 Å². The van der Waals surface area contributed by atoms with E-state index in [0.717, 1.165) is 6.07 Å². The summed E-state index contributed by atoms with van der Waals surface area (Å²) < 4.78 is 82.2. The van der Waals surface area contributed by atoms with E-state index in [9.17, 15) is 30.8 Å². The summed E-state index contributed by atoms with van der Waals surface area (Å²) in [5.41, 5.74) is -2.87. The van der Waals surface area contributed by atoms with Gasteiger partial charge in [0.05, 0.1) is 16.0 Å². The molecule has 30 heavy (non-hydrogen) atoms. The highest BCUT2D eigenvalue weighted by Gasteiger charge is 2.45. The second-order valence-corrected chi connectivity index (χ2v) is 8.58. The van der Waals surface area contributed by atoms with Crippen LogP contribution in [0.15, 0.2) is 47.4 Å². The maximum atomic E-state index is 14.0. The minimum absolute atomic E-state index is 0.0657. The molecule has 2 aromatic rings. The zero-order valence-corrected chi connectivity index (χ0v) is 16.7. The van der Waals surface area contributed by atoms with Crippen LogP contribution >= 0.6 is 0 Å². The Kier molecular flexibility index (Phi) is 5.28. The van der Waals surface area contributed by atoms with Crippen LogP contribution in [-0.4, -0.2) is 19.8 Å². The Morgan fingerprint density at radius 3 is 2.17 bits per heavy atom. The van der Waals surface area contributed by atoms with Gasteiger partial charge in [-0.3, -0.25) is 4.79 Å². The van der Waals surface area contributed by atoms with Crippen molar-refractivity contribution in [3.63, 3.8) is 0 Å². The number of carbonyl (C=O) groups is 1. The second-order valence-electron chi connectivity index (χ2n) is 7.02. The molecule has 10 heteroatoms. The lowest BCUT2D eigenvalue weighted by Gasteiger charge is -2.21.